The van der Waals surface area contributed by atoms with Gasteiger partial charge in [0, 0.05) is 6.04 Å². The maximum absolute atomic E-state index is 10.5. The van der Waals surface area contributed by atoms with Gasteiger partial charge in [0.2, 0.25) is 0 Å². The molecule has 1 saturated heterocycles. The van der Waals surface area contributed by atoms with Gasteiger partial charge in [-0.25, -0.2) is 0 Å². The summed E-state index contributed by atoms with van der Waals surface area (Å²) < 4.78 is 0. The van der Waals surface area contributed by atoms with Crippen LogP contribution in [0.5, 0.6) is 0 Å². The van der Waals surface area contributed by atoms with Gasteiger partial charge in [-0.2, -0.15) is 0 Å². The van der Waals surface area contributed by atoms with Crippen molar-refractivity contribution in [2.45, 2.75) is 25.8 Å². The van der Waals surface area contributed by atoms with E-state index in [1.54, 1.807) is 6.92 Å². The molecule has 3 heteroatoms. The van der Waals surface area contributed by atoms with Crippen LogP contribution in [0.15, 0.2) is 0 Å². The van der Waals surface area contributed by atoms with Gasteiger partial charge in [-0.05, 0) is 26.4 Å². The fourth-order valence-electron chi connectivity index (χ4n) is 1.38. The highest BCUT2D eigenvalue weighted by atomic mass is 16.4. The SMILES string of the molecule is CC(CC1CCN1C)C(=O)O. The maximum Gasteiger partial charge on any atom is 0.306 e. The molecule has 1 heterocycles. The largest absolute Gasteiger partial charge is 0.481 e. The summed E-state index contributed by atoms with van der Waals surface area (Å²) in [5, 5.41) is 8.62. The van der Waals surface area contributed by atoms with Crippen molar-refractivity contribution in [2.75, 3.05) is 13.6 Å². The first-order valence-corrected chi connectivity index (χ1v) is 4.04. The highest BCUT2D eigenvalue weighted by Gasteiger charge is 2.27. The van der Waals surface area contributed by atoms with Crippen molar-refractivity contribution >= 4 is 5.97 Å². The van der Waals surface area contributed by atoms with Gasteiger partial charge in [-0.15, -0.1) is 0 Å². The Morgan fingerprint density at radius 1 is 1.82 bits per heavy atom. The van der Waals surface area contributed by atoms with E-state index in [1.807, 2.05) is 7.05 Å². The molecule has 0 aliphatic carbocycles. The van der Waals surface area contributed by atoms with Crippen LogP contribution < -0.4 is 0 Å². The molecular weight excluding hydrogens is 142 g/mol. The molecule has 11 heavy (non-hydrogen) atoms. The highest BCUT2D eigenvalue weighted by Crippen LogP contribution is 2.21. The Bertz CT molecular complexity index is 158. The van der Waals surface area contributed by atoms with Crippen molar-refractivity contribution in [3.63, 3.8) is 0 Å². The van der Waals surface area contributed by atoms with Crippen LogP contribution in [-0.2, 0) is 4.79 Å². The Morgan fingerprint density at radius 3 is 2.73 bits per heavy atom. The van der Waals surface area contributed by atoms with Crippen molar-refractivity contribution in [3.8, 4) is 0 Å². The molecule has 64 valence electrons. The molecule has 0 aromatic carbocycles. The normalized spacial score (nSPS) is 27.6. The van der Waals surface area contributed by atoms with Gasteiger partial charge in [0.1, 0.15) is 0 Å². The van der Waals surface area contributed by atoms with Crippen molar-refractivity contribution in [1.29, 1.82) is 0 Å². The van der Waals surface area contributed by atoms with E-state index in [-0.39, 0.29) is 5.92 Å². The number of hydrogen-bond donors (Lipinski definition) is 1. The first-order chi connectivity index (χ1) is 5.11. The molecule has 0 bridgehead atoms. The summed E-state index contributed by atoms with van der Waals surface area (Å²) in [5.41, 5.74) is 0. The molecule has 0 aromatic heterocycles. The Hall–Kier alpha value is -0.570. The lowest BCUT2D eigenvalue weighted by atomic mass is 9.93. The first kappa shape index (κ1) is 8.53. The third-order valence-electron chi connectivity index (χ3n) is 2.49. The summed E-state index contributed by atoms with van der Waals surface area (Å²) in [4.78, 5) is 12.7. The highest BCUT2D eigenvalue weighted by molar-refractivity contribution is 5.69. The lowest BCUT2D eigenvalue weighted by Crippen LogP contribution is -2.45. The third kappa shape index (κ3) is 1.93. The molecule has 0 aromatic rings. The van der Waals surface area contributed by atoms with Crippen LogP contribution in [-0.4, -0.2) is 35.6 Å². The van der Waals surface area contributed by atoms with Crippen LogP contribution in [0.1, 0.15) is 19.8 Å². The number of carbonyl (C=O) groups is 1. The average molecular weight is 157 g/mol. The van der Waals surface area contributed by atoms with Crippen LogP contribution in [0, 0.1) is 5.92 Å². The fourth-order valence-corrected chi connectivity index (χ4v) is 1.38. The number of nitrogens with zero attached hydrogens (tertiary/aromatic N) is 1. The molecule has 2 unspecified atom stereocenters. The van der Waals surface area contributed by atoms with Crippen LogP contribution in [0.3, 0.4) is 0 Å². The molecule has 1 rings (SSSR count). The van der Waals surface area contributed by atoms with E-state index in [9.17, 15) is 4.79 Å². The Kier molecular flexibility index (Phi) is 2.49. The minimum Gasteiger partial charge on any atom is -0.481 e. The van der Waals surface area contributed by atoms with E-state index in [4.69, 9.17) is 5.11 Å². The second-order valence-corrected chi connectivity index (χ2v) is 3.40. The second kappa shape index (κ2) is 3.22. The van der Waals surface area contributed by atoms with Crippen LogP contribution in [0.25, 0.3) is 0 Å². The standard InChI is InChI=1S/C8H15NO2/c1-6(8(10)11)5-7-3-4-9(7)2/h6-7H,3-5H2,1-2H3,(H,10,11). The quantitative estimate of drug-likeness (QED) is 0.658. The van der Waals surface area contributed by atoms with Gasteiger partial charge in [0.25, 0.3) is 0 Å². The molecule has 3 nitrogen and oxygen atoms in total. The molecule has 1 fully saturated rings. The van der Waals surface area contributed by atoms with Gasteiger partial charge in [0.05, 0.1) is 5.92 Å². The monoisotopic (exact) mass is 157 g/mol. The molecule has 0 saturated carbocycles. The van der Waals surface area contributed by atoms with Crippen molar-refractivity contribution < 1.29 is 9.90 Å². The van der Waals surface area contributed by atoms with E-state index in [0.717, 1.165) is 19.4 Å². The zero-order chi connectivity index (χ0) is 8.43. The van der Waals surface area contributed by atoms with Crippen LogP contribution in [0.2, 0.25) is 0 Å². The van der Waals surface area contributed by atoms with Crippen molar-refractivity contribution in [1.82, 2.24) is 4.90 Å². The molecule has 0 spiro atoms. The molecular formula is C8H15NO2. The lowest BCUT2D eigenvalue weighted by molar-refractivity contribution is -0.142. The van der Waals surface area contributed by atoms with E-state index in [2.05, 4.69) is 4.90 Å². The zero-order valence-corrected chi connectivity index (χ0v) is 7.08. The van der Waals surface area contributed by atoms with E-state index in [1.165, 1.54) is 0 Å². The summed E-state index contributed by atoms with van der Waals surface area (Å²) in [6.45, 7) is 2.89. The predicted molar refractivity (Wildman–Crippen MR) is 42.5 cm³/mol. The Balaban J connectivity index is 2.25. The van der Waals surface area contributed by atoms with Gasteiger partial charge in [-0.3, -0.25) is 4.79 Å². The predicted octanol–water partition coefficient (Wildman–Crippen LogP) is 0.801. The molecule has 0 radical (unpaired) electrons. The van der Waals surface area contributed by atoms with Crippen molar-refractivity contribution in [2.24, 2.45) is 5.92 Å². The van der Waals surface area contributed by atoms with Gasteiger partial charge >= 0.3 is 5.97 Å². The van der Waals surface area contributed by atoms with Crippen LogP contribution >= 0.6 is 0 Å². The van der Waals surface area contributed by atoms with E-state index >= 15 is 0 Å². The number of rotatable bonds is 3. The Labute approximate surface area is 67.0 Å². The number of carboxylic acid groups (broad SMARTS) is 1. The first-order valence-electron chi connectivity index (χ1n) is 4.04. The molecule has 1 aliphatic rings. The number of hydrogen-bond acceptors (Lipinski definition) is 2. The van der Waals surface area contributed by atoms with Gasteiger partial charge in [0.15, 0.2) is 0 Å². The molecule has 2 atom stereocenters. The summed E-state index contributed by atoms with van der Waals surface area (Å²) in [6.07, 6.45) is 1.96. The van der Waals surface area contributed by atoms with Gasteiger partial charge in [-0.1, -0.05) is 6.92 Å². The fraction of sp³-hybridized carbons (Fsp3) is 0.875. The van der Waals surface area contributed by atoms with E-state index < -0.39 is 5.97 Å². The minimum atomic E-state index is -0.676. The van der Waals surface area contributed by atoms with Crippen molar-refractivity contribution in [3.05, 3.63) is 0 Å². The number of carboxylic acids is 1. The Morgan fingerprint density at radius 2 is 2.45 bits per heavy atom. The molecule has 0 amide bonds. The second-order valence-electron chi connectivity index (χ2n) is 3.40. The van der Waals surface area contributed by atoms with E-state index in [0.29, 0.717) is 6.04 Å². The number of likely N-dealkylation sites (tertiary alicyclic amines) is 1. The van der Waals surface area contributed by atoms with Gasteiger partial charge < -0.3 is 10.0 Å². The summed E-state index contributed by atoms with van der Waals surface area (Å²) in [7, 11) is 2.04. The average Bonchev–Trinajstić information content (AvgIpc) is 1.96. The third-order valence-corrected chi connectivity index (χ3v) is 2.49. The maximum atomic E-state index is 10.5. The topological polar surface area (TPSA) is 40.5 Å². The number of aliphatic carboxylic acids is 1. The molecule has 1 aliphatic heterocycles. The summed E-state index contributed by atoms with van der Waals surface area (Å²) in [5.74, 6) is -0.868. The lowest BCUT2D eigenvalue weighted by Gasteiger charge is -2.38. The summed E-state index contributed by atoms with van der Waals surface area (Å²) in [6, 6.07) is 0.515. The molecule has 1 N–H and O–H groups in total. The zero-order valence-electron chi connectivity index (χ0n) is 7.08. The summed E-state index contributed by atoms with van der Waals surface area (Å²) >= 11 is 0. The smallest absolute Gasteiger partial charge is 0.306 e. The minimum absolute atomic E-state index is 0.192. The van der Waals surface area contributed by atoms with Crippen LogP contribution in [0.4, 0.5) is 0 Å².